The molecule has 0 radical (unpaired) electrons. The molecule has 4 rings (SSSR count). The summed E-state index contributed by atoms with van der Waals surface area (Å²) in [6.45, 7) is -0.655. The van der Waals surface area contributed by atoms with Crippen molar-refractivity contribution >= 4 is 17.8 Å². The Bertz CT molecular complexity index is 976. The second-order valence-electron chi connectivity index (χ2n) is 7.44. The summed E-state index contributed by atoms with van der Waals surface area (Å²) in [6.07, 6.45) is 0. The zero-order valence-corrected chi connectivity index (χ0v) is 16.2. The monoisotopic (exact) mass is 394 g/mol. The van der Waals surface area contributed by atoms with Crippen molar-refractivity contribution in [1.82, 2.24) is 10.2 Å². The minimum Gasteiger partial charge on any atom is -0.468 e. The third-order valence-electron chi connectivity index (χ3n) is 6.05. The van der Waals surface area contributed by atoms with E-state index in [2.05, 4.69) is 5.32 Å². The molecule has 2 aliphatic heterocycles. The first kappa shape index (κ1) is 19.3. The van der Waals surface area contributed by atoms with Gasteiger partial charge in [-0.3, -0.25) is 19.8 Å². The average Bonchev–Trinajstić information content (AvgIpc) is 3.24. The summed E-state index contributed by atoms with van der Waals surface area (Å²) >= 11 is 0. The van der Waals surface area contributed by atoms with Crippen LogP contribution in [0.15, 0.2) is 54.6 Å². The number of carbonyl (C=O) groups excluding carboxylic acids is 3. The second-order valence-corrected chi connectivity index (χ2v) is 7.44. The van der Waals surface area contributed by atoms with E-state index in [0.717, 1.165) is 21.6 Å². The number of methoxy groups -OCH3 is 1. The standard InChI is InChI=1S/C22H22N2O5/c1-24-19(26)16-17(20(24)27)22(12-25,21(28)29-2)23-18(16)15-11-7-6-10-14(15)13-8-4-3-5-9-13/h3-11,16-18,23,25H,12H2,1-2H3/t16-,17-,18-,22-/m0/s1. The van der Waals surface area contributed by atoms with Crippen molar-refractivity contribution in [3.8, 4) is 11.1 Å². The van der Waals surface area contributed by atoms with Gasteiger partial charge in [-0.25, -0.2) is 4.79 Å². The Kier molecular flexibility index (Phi) is 4.72. The lowest BCUT2D eigenvalue weighted by atomic mass is 9.79. The summed E-state index contributed by atoms with van der Waals surface area (Å²) in [5, 5.41) is 13.3. The third-order valence-corrected chi connectivity index (χ3v) is 6.05. The smallest absolute Gasteiger partial charge is 0.329 e. The molecule has 0 bridgehead atoms. The molecule has 150 valence electrons. The summed E-state index contributed by atoms with van der Waals surface area (Å²) in [7, 11) is 2.61. The number of aliphatic hydroxyl groups excluding tert-OH is 1. The Morgan fingerprint density at radius 3 is 2.41 bits per heavy atom. The molecular weight excluding hydrogens is 372 g/mol. The molecule has 2 heterocycles. The number of amides is 2. The van der Waals surface area contributed by atoms with Crippen molar-refractivity contribution in [1.29, 1.82) is 0 Å². The number of imide groups is 1. The van der Waals surface area contributed by atoms with Crippen molar-refractivity contribution in [3.63, 3.8) is 0 Å². The van der Waals surface area contributed by atoms with Gasteiger partial charge >= 0.3 is 5.97 Å². The number of nitrogens with one attached hydrogen (secondary N) is 1. The summed E-state index contributed by atoms with van der Waals surface area (Å²) in [4.78, 5) is 39.6. The maximum absolute atomic E-state index is 13.0. The Morgan fingerprint density at radius 2 is 1.76 bits per heavy atom. The first-order valence-corrected chi connectivity index (χ1v) is 9.39. The van der Waals surface area contributed by atoms with Crippen molar-refractivity contribution < 1.29 is 24.2 Å². The van der Waals surface area contributed by atoms with E-state index in [1.165, 1.54) is 14.2 Å². The number of benzene rings is 2. The number of hydrogen-bond donors (Lipinski definition) is 2. The van der Waals surface area contributed by atoms with Crippen LogP contribution in [0.3, 0.4) is 0 Å². The highest BCUT2D eigenvalue weighted by atomic mass is 16.5. The fourth-order valence-corrected chi connectivity index (χ4v) is 4.64. The fraction of sp³-hybridized carbons (Fsp3) is 0.318. The van der Waals surface area contributed by atoms with Crippen LogP contribution in [0.5, 0.6) is 0 Å². The van der Waals surface area contributed by atoms with Gasteiger partial charge < -0.3 is 9.84 Å². The summed E-state index contributed by atoms with van der Waals surface area (Å²) < 4.78 is 4.91. The molecule has 2 N–H and O–H groups in total. The quantitative estimate of drug-likeness (QED) is 0.596. The van der Waals surface area contributed by atoms with Gasteiger partial charge in [-0.15, -0.1) is 0 Å². The van der Waals surface area contributed by atoms with Crippen LogP contribution in [0.2, 0.25) is 0 Å². The summed E-state index contributed by atoms with van der Waals surface area (Å²) in [5.41, 5.74) is 0.944. The minimum absolute atomic E-state index is 0.375. The molecule has 29 heavy (non-hydrogen) atoms. The van der Waals surface area contributed by atoms with Crippen molar-refractivity contribution in [2.45, 2.75) is 11.6 Å². The number of fused-ring (bicyclic) bond motifs is 1. The van der Waals surface area contributed by atoms with E-state index in [0.29, 0.717) is 0 Å². The molecule has 7 nitrogen and oxygen atoms in total. The van der Waals surface area contributed by atoms with Gasteiger partial charge in [-0.05, 0) is 16.7 Å². The number of carbonyl (C=O) groups is 3. The molecule has 4 atom stereocenters. The molecule has 2 fully saturated rings. The highest BCUT2D eigenvalue weighted by Crippen LogP contribution is 2.50. The van der Waals surface area contributed by atoms with Crippen LogP contribution in [0.25, 0.3) is 11.1 Å². The lowest BCUT2D eigenvalue weighted by Gasteiger charge is -2.30. The molecule has 2 amide bonds. The zero-order chi connectivity index (χ0) is 20.8. The van der Waals surface area contributed by atoms with Gasteiger partial charge in [0.05, 0.1) is 25.6 Å². The normalized spacial score (nSPS) is 28.5. The molecule has 2 saturated heterocycles. The van der Waals surface area contributed by atoms with Crippen LogP contribution in [0.1, 0.15) is 11.6 Å². The van der Waals surface area contributed by atoms with Crippen LogP contribution in [0, 0.1) is 11.8 Å². The first-order valence-electron chi connectivity index (χ1n) is 9.39. The molecule has 0 unspecified atom stereocenters. The van der Waals surface area contributed by atoms with Crippen molar-refractivity contribution in [3.05, 3.63) is 60.2 Å². The molecule has 2 aliphatic rings. The van der Waals surface area contributed by atoms with Gasteiger partial charge in [-0.1, -0.05) is 54.6 Å². The van der Waals surface area contributed by atoms with E-state index in [9.17, 15) is 19.5 Å². The van der Waals surface area contributed by atoms with Crippen LogP contribution in [-0.2, 0) is 19.1 Å². The Labute approximate surface area is 168 Å². The van der Waals surface area contributed by atoms with Crippen LogP contribution in [-0.4, -0.2) is 54.1 Å². The van der Waals surface area contributed by atoms with E-state index in [1.54, 1.807) is 0 Å². The van der Waals surface area contributed by atoms with E-state index in [1.807, 2.05) is 54.6 Å². The first-order chi connectivity index (χ1) is 14.0. The topological polar surface area (TPSA) is 95.9 Å². The number of ether oxygens (including phenoxy) is 1. The largest absolute Gasteiger partial charge is 0.468 e. The van der Waals surface area contributed by atoms with Crippen LogP contribution >= 0.6 is 0 Å². The second kappa shape index (κ2) is 7.09. The zero-order valence-electron chi connectivity index (χ0n) is 16.2. The summed E-state index contributed by atoms with van der Waals surface area (Å²) in [6, 6.07) is 16.6. The lowest BCUT2D eigenvalue weighted by molar-refractivity contribution is -0.156. The number of esters is 1. The number of hydrogen-bond acceptors (Lipinski definition) is 6. The lowest BCUT2D eigenvalue weighted by Crippen LogP contribution is -2.58. The summed E-state index contributed by atoms with van der Waals surface area (Å²) in [5.74, 6) is -3.48. The van der Waals surface area contributed by atoms with Gasteiger partial charge in [0.1, 0.15) is 0 Å². The molecular formula is C22H22N2O5. The molecule has 0 spiro atoms. The van der Waals surface area contributed by atoms with E-state index in [4.69, 9.17) is 4.74 Å². The maximum Gasteiger partial charge on any atom is 0.329 e. The molecule has 7 heteroatoms. The Hall–Kier alpha value is -3.03. The van der Waals surface area contributed by atoms with Crippen molar-refractivity contribution in [2.24, 2.45) is 11.8 Å². The number of nitrogens with zero attached hydrogens (tertiary/aromatic N) is 1. The average molecular weight is 394 g/mol. The van der Waals surface area contributed by atoms with Crippen LogP contribution in [0.4, 0.5) is 0 Å². The fourth-order valence-electron chi connectivity index (χ4n) is 4.64. The third kappa shape index (κ3) is 2.69. The highest BCUT2D eigenvalue weighted by Gasteiger charge is 2.68. The Balaban J connectivity index is 1.89. The number of likely N-dealkylation sites (tertiary alicyclic amines) is 1. The van der Waals surface area contributed by atoms with Crippen molar-refractivity contribution in [2.75, 3.05) is 20.8 Å². The maximum atomic E-state index is 13.0. The molecule has 0 aromatic heterocycles. The van der Waals surface area contributed by atoms with E-state index < -0.39 is 41.9 Å². The van der Waals surface area contributed by atoms with E-state index >= 15 is 0 Å². The highest BCUT2D eigenvalue weighted by molar-refractivity contribution is 6.09. The molecule has 0 saturated carbocycles. The Morgan fingerprint density at radius 1 is 1.10 bits per heavy atom. The number of aliphatic hydroxyl groups is 1. The molecule has 2 aromatic rings. The SMILES string of the molecule is COC(=O)[C@@]1(CO)N[C@@H](c2ccccc2-c2ccccc2)[C@H]2C(=O)N(C)C(=O)[C@H]21. The van der Waals surface area contributed by atoms with Gasteiger partial charge in [-0.2, -0.15) is 0 Å². The minimum atomic E-state index is -1.68. The van der Waals surface area contributed by atoms with Gasteiger partial charge in [0.15, 0.2) is 5.54 Å². The molecule has 2 aromatic carbocycles. The number of rotatable bonds is 4. The predicted octanol–water partition coefficient (Wildman–Crippen LogP) is 1.13. The van der Waals surface area contributed by atoms with Gasteiger partial charge in [0.25, 0.3) is 0 Å². The van der Waals surface area contributed by atoms with E-state index in [-0.39, 0.29) is 5.91 Å². The van der Waals surface area contributed by atoms with Crippen LogP contribution < -0.4 is 5.32 Å². The predicted molar refractivity (Wildman–Crippen MR) is 104 cm³/mol. The van der Waals surface area contributed by atoms with Gasteiger partial charge in [0.2, 0.25) is 11.8 Å². The molecule has 0 aliphatic carbocycles. The van der Waals surface area contributed by atoms with Gasteiger partial charge in [0, 0.05) is 13.1 Å².